The molecule has 0 unspecified atom stereocenters. The first-order valence-corrected chi connectivity index (χ1v) is 3.13. The van der Waals surface area contributed by atoms with Gasteiger partial charge >= 0.3 is 16.4 Å². The lowest BCUT2D eigenvalue weighted by Crippen LogP contribution is -2.34. The molecule has 0 fully saturated rings. The van der Waals surface area contributed by atoms with Crippen molar-refractivity contribution in [2.24, 2.45) is 11.6 Å². The number of urea groups is 1. The van der Waals surface area contributed by atoms with Crippen molar-refractivity contribution in [2.75, 3.05) is 0 Å². The van der Waals surface area contributed by atoms with E-state index in [2.05, 4.69) is 11.6 Å². The molecule has 0 heterocycles. The van der Waals surface area contributed by atoms with Crippen LogP contribution in [0, 0.1) is 0 Å². The number of nitrogens with one attached hydrogen (secondary N) is 1. The van der Waals surface area contributed by atoms with Gasteiger partial charge < -0.3 is 5.73 Å². The normalized spacial score (nSPS) is 8.27. The molecule has 0 aliphatic heterocycles. The van der Waals surface area contributed by atoms with Gasteiger partial charge in [0.25, 0.3) is 0 Å². The average molecular weight is 210 g/mol. The van der Waals surface area contributed by atoms with Gasteiger partial charge in [-0.15, -0.1) is 12.4 Å². The second-order valence-corrected chi connectivity index (χ2v) is 1.85. The van der Waals surface area contributed by atoms with Crippen LogP contribution in [0.4, 0.5) is 4.79 Å². The van der Waals surface area contributed by atoms with Crippen molar-refractivity contribution in [1.82, 2.24) is 5.43 Å². The summed E-state index contributed by atoms with van der Waals surface area (Å²) >= 11 is 0. The molecule has 8 nitrogen and oxygen atoms in total. The summed E-state index contributed by atoms with van der Waals surface area (Å²) in [5.74, 6) is 4.45. The van der Waals surface area contributed by atoms with E-state index in [1.54, 1.807) is 5.43 Å². The number of amides is 2. The molecule has 10 heteroatoms. The Morgan fingerprint density at radius 3 is 1.45 bits per heavy atom. The minimum atomic E-state index is -4.67. The van der Waals surface area contributed by atoms with Crippen LogP contribution in [0.3, 0.4) is 0 Å². The molecule has 0 bridgehead atoms. The molecule has 0 aromatic rings. The van der Waals surface area contributed by atoms with E-state index < -0.39 is 16.4 Å². The zero-order valence-electron chi connectivity index (χ0n) is 5.09. The highest BCUT2D eigenvalue weighted by Gasteiger charge is 1.84. The predicted octanol–water partition coefficient (Wildman–Crippen LogP) is -1.70. The first kappa shape index (κ1) is 16.8. The maximum Gasteiger partial charge on any atom is 0.394 e. The minimum Gasteiger partial charge on any atom is -0.351 e. The van der Waals surface area contributed by atoms with Gasteiger partial charge in [0.15, 0.2) is 0 Å². The number of carbonyl (C=O) groups is 1. The van der Waals surface area contributed by atoms with Crippen molar-refractivity contribution in [3.05, 3.63) is 0 Å². The van der Waals surface area contributed by atoms with Crippen LogP contribution in [0.25, 0.3) is 0 Å². The maximum absolute atomic E-state index is 9.35. The fraction of sp³-hybridized carbons (Fsp3) is 0. The molecule has 0 aliphatic rings. The number of hydrogen-bond acceptors (Lipinski definition) is 4. The Morgan fingerprint density at radius 1 is 1.36 bits per heavy atom. The van der Waals surface area contributed by atoms with Gasteiger partial charge in [-0.3, -0.25) is 14.5 Å². The number of rotatable bonds is 0. The summed E-state index contributed by atoms with van der Waals surface area (Å²) in [6.45, 7) is 0. The molecule has 0 spiro atoms. The zero-order chi connectivity index (χ0) is 8.78. The van der Waals surface area contributed by atoms with E-state index in [0.29, 0.717) is 0 Å². The number of halogens is 1. The van der Waals surface area contributed by atoms with E-state index in [0.717, 1.165) is 0 Å². The van der Waals surface area contributed by atoms with Crippen LogP contribution in [0.1, 0.15) is 0 Å². The smallest absolute Gasteiger partial charge is 0.351 e. The van der Waals surface area contributed by atoms with E-state index in [4.69, 9.17) is 17.5 Å². The predicted molar refractivity (Wildman–Crippen MR) is 38.3 cm³/mol. The number of hydrazine groups is 1. The monoisotopic (exact) mass is 209 g/mol. The Bertz CT molecular complexity index is 180. The highest BCUT2D eigenvalue weighted by atomic mass is 35.5. The lowest BCUT2D eigenvalue weighted by Gasteiger charge is -1.81. The van der Waals surface area contributed by atoms with Gasteiger partial charge in [0.2, 0.25) is 0 Å². The second-order valence-electron chi connectivity index (χ2n) is 0.956. The summed E-state index contributed by atoms with van der Waals surface area (Å²) < 4.78 is 31.6. The van der Waals surface area contributed by atoms with Crippen LogP contribution >= 0.6 is 12.4 Å². The number of carbonyl (C=O) groups excluding carboxylic acids is 1. The highest BCUT2D eigenvalue weighted by molar-refractivity contribution is 7.79. The third-order valence-corrected chi connectivity index (χ3v) is 0.142. The van der Waals surface area contributed by atoms with Gasteiger partial charge in [-0.05, 0) is 0 Å². The van der Waals surface area contributed by atoms with E-state index in [-0.39, 0.29) is 12.4 Å². The molecule has 0 saturated carbocycles. The first-order valence-electron chi connectivity index (χ1n) is 1.73. The third kappa shape index (κ3) is 265. The van der Waals surface area contributed by atoms with Crippen molar-refractivity contribution in [1.29, 1.82) is 0 Å². The lowest BCUT2D eigenvalue weighted by atomic mass is 11.2. The van der Waals surface area contributed by atoms with Gasteiger partial charge in [-0.1, -0.05) is 0 Å². The Balaban J connectivity index is -0.000000107. The summed E-state index contributed by atoms with van der Waals surface area (Å²) in [5, 5.41) is 0. The fourth-order valence-electron chi connectivity index (χ4n) is 0. The van der Waals surface area contributed by atoms with Crippen molar-refractivity contribution in [3.8, 4) is 0 Å². The van der Waals surface area contributed by atoms with Crippen LogP contribution < -0.4 is 17.0 Å². The maximum atomic E-state index is 9.35. The molecular weight excluding hydrogens is 202 g/mol. The standard InChI is InChI=1S/CH5N3O.ClH.H2O4S/c2-1(5)4-3;;1-5(2,3)4/h3H2,(H3,2,4,5);1H;(H2,1,2,3,4). The SMILES string of the molecule is Cl.NNC(N)=O.O=S(=O)(O)O. The Kier molecular flexibility index (Phi) is 11.4. The summed E-state index contributed by atoms with van der Waals surface area (Å²) in [6, 6.07) is -0.718. The molecule has 70 valence electrons. The summed E-state index contributed by atoms with van der Waals surface area (Å²) in [7, 11) is -4.67. The van der Waals surface area contributed by atoms with E-state index in [9.17, 15) is 4.79 Å². The van der Waals surface area contributed by atoms with Gasteiger partial charge in [0.1, 0.15) is 0 Å². The number of primary amides is 1. The molecule has 7 N–H and O–H groups in total. The number of nitrogens with two attached hydrogens (primary N) is 2. The Morgan fingerprint density at radius 2 is 1.45 bits per heavy atom. The van der Waals surface area contributed by atoms with Crippen molar-refractivity contribution in [2.45, 2.75) is 0 Å². The molecule has 0 radical (unpaired) electrons. The molecule has 0 aromatic heterocycles. The largest absolute Gasteiger partial charge is 0.394 e. The Labute approximate surface area is 68.9 Å². The van der Waals surface area contributed by atoms with E-state index in [1.165, 1.54) is 0 Å². The van der Waals surface area contributed by atoms with Crippen LogP contribution in [-0.2, 0) is 10.4 Å². The van der Waals surface area contributed by atoms with Crippen molar-refractivity contribution >= 4 is 28.8 Å². The van der Waals surface area contributed by atoms with Crippen molar-refractivity contribution < 1.29 is 22.3 Å². The zero-order valence-corrected chi connectivity index (χ0v) is 6.72. The topological polar surface area (TPSA) is 156 Å². The third-order valence-electron chi connectivity index (χ3n) is 0.142. The van der Waals surface area contributed by atoms with Gasteiger partial charge in [-0.2, -0.15) is 8.42 Å². The summed E-state index contributed by atoms with van der Waals surface area (Å²) in [5.41, 5.74) is 6.08. The van der Waals surface area contributed by atoms with E-state index >= 15 is 0 Å². The molecule has 0 saturated heterocycles. The minimum absolute atomic E-state index is 0. The van der Waals surface area contributed by atoms with Crippen LogP contribution in [0.5, 0.6) is 0 Å². The molecule has 0 rings (SSSR count). The van der Waals surface area contributed by atoms with Crippen LogP contribution in [-0.4, -0.2) is 23.6 Å². The first-order chi connectivity index (χ1) is 4.27. The summed E-state index contributed by atoms with van der Waals surface area (Å²) in [6.07, 6.45) is 0. The van der Waals surface area contributed by atoms with Crippen molar-refractivity contribution in [3.63, 3.8) is 0 Å². The number of hydrogen-bond donors (Lipinski definition) is 5. The van der Waals surface area contributed by atoms with Gasteiger partial charge in [-0.25, -0.2) is 10.6 Å². The molecule has 2 amide bonds. The molecule has 0 aliphatic carbocycles. The second kappa shape index (κ2) is 7.50. The summed E-state index contributed by atoms with van der Waals surface area (Å²) in [4.78, 5) is 9.35. The lowest BCUT2D eigenvalue weighted by molar-refractivity contribution is 0.249. The van der Waals surface area contributed by atoms with Crippen LogP contribution in [0.2, 0.25) is 0 Å². The van der Waals surface area contributed by atoms with Gasteiger partial charge in [0, 0.05) is 0 Å². The highest BCUT2D eigenvalue weighted by Crippen LogP contribution is 1.59. The Hall–Kier alpha value is -0.610. The quantitative estimate of drug-likeness (QED) is 0.139. The van der Waals surface area contributed by atoms with Crippen LogP contribution in [0.15, 0.2) is 0 Å². The molecular formula is CH8ClN3O5S. The average Bonchev–Trinajstić information content (AvgIpc) is 1.61. The fourth-order valence-corrected chi connectivity index (χ4v) is 0. The molecule has 11 heavy (non-hydrogen) atoms. The molecule has 0 atom stereocenters. The van der Waals surface area contributed by atoms with Gasteiger partial charge in [0.05, 0.1) is 0 Å². The van der Waals surface area contributed by atoms with E-state index in [1.807, 2.05) is 0 Å². The molecule has 0 aromatic carbocycles.